The van der Waals surface area contributed by atoms with Crippen molar-refractivity contribution in [3.05, 3.63) is 0 Å². The molecule has 59 heteroatoms. The van der Waals surface area contributed by atoms with E-state index in [0.29, 0.717) is 0 Å². The first-order chi connectivity index (χ1) is 16.0. The molecule has 0 saturated heterocycles. The van der Waals surface area contributed by atoms with Gasteiger partial charge in [-0.05, 0) is 0 Å². The van der Waals surface area contributed by atoms with Crippen LogP contribution in [0, 0.1) is 0 Å². The van der Waals surface area contributed by atoms with Crippen molar-refractivity contribution in [2.75, 3.05) is 0 Å². The van der Waals surface area contributed by atoms with E-state index in [1.807, 2.05) is 0 Å². The van der Waals surface area contributed by atoms with Crippen LogP contribution >= 0.6 is 0 Å². The van der Waals surface area contributed by atoms with Crippen molar-refractivity contribution in [2.45, 2.75) is 0 Å². The first-order valence-corrected chi connectivity index (χ1v) is 16.8. The summed E-state index contributed by atoms with van der Waals surface area (Å²) in [4.78, 5) is 0. The molecule has 0 aliphatic carbocycles. The van der Waals surface area contributed by atoms with E-state index in [2.05, 4.69) is 0 Å². The molecule has 0 aromatic carbocycles. The zero-order valence-electron chi connectivity index (χ0n) is 55.0. The fraction of sp³-hybridized carbons (Fsp3) is 0. The summed E-state index contributed by atoms with van der Waals surface area (Å²) in [5, 5.41) is 0. The van der Waals surface area contributed by atoms with Crippen molar-refractivity contribution in [1.29, 1.82) is 0 Å². The molecule has 0 spiro atoms. The minimum atomic E-state index is -4.67. The Labute approximate surface area is 791 Å². The Hall–Kier alpha value is 18.0. The Bertz CT molecular complexity index is 1170. The van der Waals surface area contributed by atoms with Crippen LogP contribution in [-0.2, 0) is 83.2 Å². The van der Waals surface area contributed by atoms with Gasteiger partial charge >= 0.3 is 645 Å². The third-order valence-electron chi connectivity index (χ3n) is 0. The number of rotatable bonds is 0. The Morgan fingerprint density at radius 2 is 0.136 bits per heavy atom. The van der Waals surface area contributed by atoms with Gasteiger partial charge in [-0.3, -0.25) is 72.8 Å². The minimum absolute atomic E-state index is 0. The van der Waals surface area contributed by atoms with E-state index in [-0.39, 0.29) is 589 Å². The molecule has 0 radical (unpaired) electrons. The average Bonchev–Trinajstić information content (AvgIpc) is 2.16. The molecule has 0 saturated carbocycles. The molecule has 0 atom stereocenters. The van der Waals surface area contributed by atoms with Gasteiger partial charge in [-0.15, -0.1) is 0 Å². The quantitative estimate of drug-likeness (QED) is 0.0791. The van der Waals surface area contributed by atoms with Crippen molar-refractivity contribution in [3.63, 3.8) is 0 Å². The summed E-state index contributed by atoms with van der Waals surface area (Å²) in [5.41, 5.74) is 0. The molecule has 0 aromatic rings. The monoisotopic (exact) mass is 1240 g/mol. The van der Waals surface area contributed by atoms with Crippen LogP contribution in [0.3, 0.4) is 0 Å². The van der Waals surface area contributed by atoms with Crippen molar-refractivity contribution in [2.24, 2.45) is 0 Å². The van der Waals surface area contributed by atoms with E-state index in [9.17, 15) is 0 Å². The topological polar surface area (TPSA) is 597 Å². The number of hydrogen-bond donors (Lipinski definition) is 16. The molecule has 0 bridgehead atoms. The maximum absolute atomic E-state index is 8.74. The molecule has 0 fully saturated rings. The Balaban J connectivity index is -0.00000000319. The summed E-state index contributed by atoms with van der Waals surface area (Å²) in [6.07, 6.45) is 0. The summed E-state index contributed by atoms with van der Waals surface area (Å²) in [6.45, 7) is 0. The molecular weight excluding hydrogens is 1210 g/mol. The van der Waals surface area contributed by atoms with E-state index in [1.165, 1.54) is 0 Å². The van der Waals surface area contributed by atoms with Gasteiger partial charge in [0, 0.05) is 0 Å². The smallest absolute Gasteiger partial charge is 1.00 e. The van der Waals surface area contributed by atoms with E-state index < -0.39 is 83.2 Å². The van der Waals surface area contributed by atoms with E-state index in [1.54, 1.807) is 0 Å². The van der Waals surface area contributed by atoms with Gasteiger partial charge in [-0.25, -0.2) is 0 Å². The molecule has 0 unspecified atom stereocenters. The summed E-state index contributed by atoms with van der Waals surface area (Å²) in [6, 6.07) is 0. The summed E-state index contributed by atoms with van der Waals surface area (Å²) in [7, 11) is -37.3. The van der Waals surface area contributed by atoms with Gasteiger partial charge in [0.25, 0.3) is 0 Å². The van der Waals surface area contributed by atoms with Crippen LogP contribution in [0.1, 0.15) is 27.1 Å². The molecule has 59 heavy (non-hydrogen) atoms. The molecule has 0 aliphatic rings. The van der Waals surface area contributed by atoms with Gasteiger partial charge < -0.3 is 27.1 Å². The third-order valence-corrected chi connectivity index (χ3v) is 0. The first-order valence-electron chi connectivity index (χ1n) is 5.59. The fourth-order valence-electron chi connectivity index (χ4n) is 0. The average molecular weight is 1240 g/mol. The van der Waals surface area contributed by atoms with Crippen LogP contribution in [0.25, 0.3) is 0 Å². The van der Waals surface area contributed by atoms with Crippen LogP contribution in [0.2, 0.25) is 0 Å². The Morgan fingerprint density at radius 1 is 0.136 bits per heavy atom. The normalized spacial score (nSPS) is 7.86. The van der Waals surface area contributed by atoms with Gasteiger partial charge in [0.15, 0.2) is 0 Å². The van der Waals surface area contributed by atoms with E-state index in [4.69, 9.17) is 140 Å². The van der Waals surface area contributed by atoms with Crippen molar-refractivity contribution < 1.29 is 729 Å². The number of hydrogen-bond acceptors (Lipinski definition) is 16. The second-order valence-electron chi connectivity index (χ2n) is 3.58. The summed E-state index contributed by atoms with van der Waals surface area (Å²) >= 11 is 0. The van der Waals surface area contributed by atoms with Crippen molar-refractivity contribution >= 4 is 83.2 Å². The zero-order chi connectivity index (χ0) is 36.0. The van der Waals surface area contributed by atoms with E-state index in [0.717, 1.165) is 0 Å². The molecule has 0 aromatic heterocycles. The maximum atomic E-state index is 8.74. The molecule has 0 amide bonds. The van der Waals surface area contributed by atoms with Gasteiger partial charge in [0.1, 0.15) is 0 Å². The molecule has 0 heterocycles. The minimum Gasteiger partial charge on any atom is -1.00 e. The predicted octanol–water partition coefficient (Wildman–Crippen LogP) is -60.0. The third kappa shape index (κ3) is 1290. The largest absolute Gasteiger partial charge is 1.00 e. The zero-order valence-corrected chi connectivity index (χ0v) is 80.5. The molecule has 0 rings (SSSR count). The van der Waals surface area contributed by atoms with Crippen LogP contribution < -0.4 is 562 Å². The standard InChI is InChI=1S/19Na.8H2O4S.19H/c;;;;;;;;;;;;;;;;;;;8*1-5(2,3)4;;;;;;;;;;;;;;;;;;;/h;;;;;;;;;;;;;;;;;;;8*(H2,1,2,3,4);;;;;;;;;;;;;;;;;;;/q19*+1;;;;;;;;;19*-1. The molecule has 0 aliphatic heterocycles. The Morgan fingerprint density at radius 3 is 0.136 bits per heavy atom. The van der Waals surface area contributed by atoms with Gasteiger partial charge in [0.2, 0.25) is 0 Å². The maximum Gasteiger partial charge on any atom is 1.00 e. The Kier molecular flexibility index (Phi) is 296. The van der Waals surface area contributed by atoms with Crippen LogP contribution in [0.15, 0.2) is 0 Å². The van der Waals surface area contributed by atoms with Gasteiger partial charge in [-0.1, -0.05) is 0 Å². The van der Waals surface area contributed by atoms with Crippen molar-refractivity contribution in [1.82, 2.24) is 0 Å². The summed E-state index contributed by atoms with van der Waals surface area (Å²) < 4.78 is 253. The van der Waals surface area contributed by atoms with Crippen LogP contribution in [0.4, 0.5) is 0 Å². The first kappa shape index (κ1) is 178. The molecular formula is H35Na19O32S8. The second kappa shape index (κ2) is 98.1. The SMILES string of the molecule is O=S(=O)(O)O.O=S(=O)(O)O.O=S(=O)(O)O.O=S(=O)(O)O.O=S(=O)(O)O.O=S(=O)(O)O.O=S(=O)(O)O.O=S(=O)(O)O.[H-].[H-].[H-].[H-].[H-].[H-].[H-].[H-].[H-].[H-].[H-].[H-].[H-].[H-].[H-].[H-].[H-].[H-].[H-].[Na+].[Na+].[Na+].[Na+].[Na+].[Na+].[Na+].[Na+].[Na+].[Na+].[Na+].[Na+].[Na+].[Na+].[Na+].[Na+].[Na+].[Na+].[Na+]. The van der Waals surface area contributed by atoms with Crippen LogP contribution in [0.5, 0.6) is 0 Å². The van der Waals surface area contributed by atoms with E-state index >= 15 is 0 Å². The van der Waals surface area contributed by atoms with Gasteiger partial charge in [-0.2, -0.15) is 67.3 Å². The molecule has 32 nitrogen and oxygen atoms in total. The van der Waals surface area contributed by atoms with Gasteiger partial charge in [0.05, 0.1) is 0 Å². The molecule has 294 valence electrons. The fourth-order valence-corrected chi connectivity index (χ4v) is 0. The molecule has 16 N–H and O–H groups in total. The predicted molar refractivity (Wildman–Crippen MR) is 135 cm³/mol. The second-order valence-corrected chi connectivity index (χ2v) is 10.7. The summed E-state index contributed by atoms with van der Waals surface area (Å²) in [5.74, 6) is 0. The van der Waals surface area contributed by atoms with Crippen LogP contribution in [-0.4, -0.2) is 140 Å². The van der Waals surface area contributed by atoms with Crippen molar-refractivity contribution in [3.8, 4) is 0 Å².